The monoisotopic (exact) mass is 258 g/mol. The van der Waals surface area contributed by atoms with Crippen LogP contribution in [0, 0.1) is 0 Å². The number of nitrogens with zero attached hydrogens (tertiary/aromatic N) is 2. The molecular formula is C15H18N2O2. The Bertz CT molecular complexity index is 559. The molecule has 0 aliphatic rings. The number of carbonyl (C=O) groups excluding carboxylic acids is 1. The molecule has 0 radical (unpaired) electrons. The van der Waals surface area contributed by atoms with Crippen molar-refractivity contribution in [3.63, 3.8) is 0 Å². The van der Waals surface area contributed by atoms with Gasteiger partial charge in [0, 0.05) is 12.5 Å². The van der Waals surface area contributed by atoms with Crippen molar-refractivity contribution in [3.05, 3.63) is 47.8 Å². The zero-order valence-electron chi connectivity index (χ0n) is 11.5. The SMILES string of the molecule is COc1cnn(C(C)C)c1C(=O)Cc1ccccc1. The normalized spacial score (nSPS) is 10.7. The zero-order chi connectivity index (χ0) is 13.8. The van der Waals surface area contributed by atoms with Gasteiger partial charge in [0.2, 0.25) is 0 Å². The van der Waals surface area contributed by atoms with Crippen LogP contribution in [0.2, 0.25) is 0 Å². The van der Waals surface area contributed by atoms with Crippen LogP contribution in [0.25, 0.3) is 0 Å². The summed E-state index contributed by atoms with van der Waals surface area (Å²) in [7, 11) is 1.56. The molecule has 0 atom stereocenters. The van der Waals surface area contributed by atoms with E-state index in [0.29, 0.717) is 17.9 Å². The smallest absolute Gasteiger partial charge is 0.189 e. The summed E-state index contributed by atoms with van der Waals surface area (Å²) in [6.07, 6.45) is 1.95. The van der Waals surface area contributed by atoms with Gasteiger partial charge in [-0.2, -0.15) is 5.10 Å². The Balaban J connectivity index is 2.30. The molecule has 1 aromatic heterocycles. The van der Waals surface area contributed by atoms with Gasteiger partial charge in [0.1, 0.15) is 5.69 Å². The number of hydrogen-bond donors (Lipinski definition) is 0. The minimum Gasteiger partial charge on any atom is -0.493 e. The van der Waals surface area contributed by atoms with Gasteiger partial charge in [-0.15, -0.1) is 0 Å². The molecule has 0 amide bonds. The minimum absolute atomic E-state index is 0.0225. The van der Waals surface area contributed by atoms with Gasteiger partial charge in [-0.1, -0.05) is 30.3 Å². The Morgan fingerprint density at radius 1 is 1.32 bits per heavy atom. The average molecular weight is 258 g/mol. The number of rotatable bonds is 5. The first kappa shape index (κ1) is 13.3. The molecule has 0 fully saturated rings. The fraction of sp³-hybridized carbons (Fsp3) is 0.333. The standard InChI is InChI=1S/C15H18N2O2/c1-11(2)17-15(14(19-3)10-16-17)13(18)9-12-7-5-4-6-8-12/h4-8,10-11H,9H2,1-3H3. The predicted molar refractivity (Wildman–Crippen MR) is 73.6 cm³/mol. The van der Waals surface area contributed by atoms with E-state index in [4.69, 9.17) is 4.74 Å². The van der Waals surface area contributed by atoms with Gasteiger partial charge >= 0.3 is 0 Å². The first-order valence-corrected chi connectivity index (χ1v) is 6.32. The van der Waals surface area contributed by atoms with E-state index in [1.54, 1.807) is 18.0 Å². The molecular weight excluding hydrogens is 240 g/mol. The molecule has 19 heavy (non-hydrogen) atoms. The van der Waals surface area contributed by atoms with Crippen LogP contribution in [0.1, 0.15) is 35.9 Å². The summed E-state index contributed by atoms with van der Waals surface area (Å²) in [5, 5.41) is 4.22. The maximum atomic E-state index is 12.4. The number of hydrogen-bond acceptors (Lipinski definition) is 3. The van der Waals surface area contributed by atoms with Gasteiger partial charge in [0.25, 0.3) is 0 Å². The van der Waals surface area contributed by atoms with Crippen molar-refractivity contribution in [1.82, 2.24) is 9.78 Å². The highest BCUT2D eigenvalue weighted by Gasteiger charge is 2.20. The lowest BCUT2D eigenvalue weighted by Gasteiger charge is -2.11. The van der Waals surface area contributed by atoms with Crippen LogP contribution < -0.4 is 4.74 Å². The van der Waals surface area contributed by atoms with E-state index in [2.05, 4.69) is 5.10 Å². The van der Waals surface area contributed by atoms with Crippen LogP contribution >= 0.6 is 0 Å². The Hall–Kier alpha value is -2.10. The van der Waals surface area contributed by atoms with E-state index in [1.807, 2.05) is 44.2 Å². The molecule has 0 bridgehead atoms. The molecule has 100 valence electrons. The Morgan fingerprint density at radius 3 is 2.58 bits per heavy atom. The highest BCUT2D eigenvalue weighted by Crippen LogP contribution is 2.22. The van der Waals surface area contributed by atoms with Gasteiger partial charge in [-0.25, -0.2) is 0 Å². The first-order chi connectivity index (χ1) is 9.13. The second-order valence-electron chi connectivity index (χ2n) is 4.69. The van der Waals surface area contributed by atoms with Gasteiger partial charge < -0.3 is 4.74 Å². The van der Waals surface area contributed by atoms with Crippen molar-refractivity contribution in [2.75, 3.05) is 7.11 Å². The van der Waals surface area contributed by atoms with Gasteiger partial charge in [-0.3, -0.25) is 9.48 Å². The summed E-state index contributed by atoms with van der Waals surface area (Å²) in [4.78, 5) is 12.4. The van der Waals surface area contributed by atoms with Crippen molar-refractivity contribution in [1.29, 1.82) is 0 Å². The molecule has 1 heterocycles. The molecule has 0 aliphatic carbocycles. The summed E-state index contributed by atoms with van der Waals surface area (Å²) < 4.78 is 6.94. The van der Waals surface area contributed by atoms with Crippen molar-refractivity contribution in [2.45, 2.75) is 26.3 Å². The molecule has 4 heteroatoms. The number of carbonyl (C=O) groups is 1. The lowest BCUT2D eigenvalue weighted by Crippen LogP contribution is -2.15. The Kier molecular flexibility index (Phi) is 4.00. The van der Waals surface area contributed by atoms with E-state index in [9.17, 15) is 4.79 Å². The number of Topliss-reactive ketones (excluding diaryl/α,β-unsaturated/α-hetero) is 1. The fourth-order valence-electron chi connectivity index (χ4n) is 2.02. The molecule has 1 aromatic carbocycles. The highest BCUT2D eigenvalue weighted by atomic mass is 16.5. The minimum atomic E-state index is 0.0225. The molecule has 0 N–H and O–H groups in total. The fourth-order valence-corrected chi connectivity index (χ4v) is 2.02. The van der Waals surface area contributed by atoms with Crippen LogP contribution in [0.15, 0.2) is 36.5 Å². The second kappa shape index (κ2) is 5.69. The largest absolute Gasteiger partial charge is 0.493 e. The van der Waals surface area contributed by atoms with Gasteiger partial charge in [0.15, 0.2) is 11.5 Å². The number of aromatic nitrogens is 2. The van der Waals surface area contributed by atoms with E-state index >= 15 is 0 Å². The lowest BCUT2D eigenvalue weighted by atomic mass is 10.1. The summed E-state index contributed by atoms with van der Waals surface area (Å²) in [6, 6.07) is 9.81. The van der Waals surface area contributed by atoms with Crippen LogP contribution in [-0.4, -0.2) is 22.7 Å². The van der Waals surface area contributed by atoms with Crippen molar-refractivity contribution < 1.29 is 9.53 Å². The second-order valence-corrected chi connectivity index (χ2v) is 4.69. The van der Waals surface area contributed by atoms with Crippen molar-refractivity contribution >= 4 is 5.78 Å². The van der Waals surface area contributed by atoms with Crippen LogP contribution in [0.5, 0.6) is 5.75 Å². The summed E-state index contributed by atoms with van der Waals surface area (Å²) in [6.45, 7) is 3.98. The van der Waals surface area contributed by atoms with Crippen molar-refractivity contribution in [3.8, 4) is 5.75 Å². The number of benzene rings is 1. The number of methoxy groups -OCH3 is 1. The molecule has 0 saturated heterocycles. The summed E-state index contributed by atoms with van der Waals surface area (Å²) in [5.41, 5.74) is 1.53. The topological polar surface area (TPSA) is 44.1 Å². The molecule has 0 unspecified atom stereocenters. The number of ketones is 1. The summed E-state index contributed by atoms with van der Waals surface area (Å²) >= 11 is 0. The van der Waals surface area contributed by atoms with Gasteiger partial charge in [0.05, 0.1) is 13.3 Å². The quantitative estimate of drug-likeness (QED) is 0.774. The molecule has 4 nitrogen and oxygen atoms in total. The third-order valence-corrected chi connectivity index (χ3v) is 2.94. The third-order valence-electron chi connectivity index (χ3n) is 2.94. The highest BCUT2D eigenvalue weighted by molar-refractivity contribution is 5.98. The maximum Gasteiger partial charge on any atom is 0.189 e. The molecule has 0 spiro atoms. The van der Waals surface area contributed by atoms with Crippen LogP contribution in [0.4, 0.5) is 0 Å². The van der Waals surface area contributed by atoms with Gasteiger partial charge in [-0.05, 0) is 19.4 Å². The average Bonchev–Trinajstić information content (AvgIpc) is 2.83. The maximum absolute atomic E-state index is 12.4. The third kappa shape index (κ3) is 2.84. The molecule has 2 rings (SSSR count). The molecule has 2 aromatic rings. The lowest BCUT2D eigenvalue weighted by molar-refractivity contribution is 0.0977. The Morgan fingerprint density at radius 2 is 2.00 bits per heavy atom. The van der Waals surface area contributed by atoms with Crippen molar-refractivity contribution in [2.24, 2.45) is 0 Å². The zero-order valence-corrected chi connectivity index (χ0v) is 11.5. The molecule has 0 aliphatic heterocycles. The number of ether oxygens (including phenoxy) is 1. The first-order valence-electron chi connectivity index (χ1n) is 6.32. The predicted octanol–water partition coefficient (Wildman–Crippen LogP) is 2.90. The Labute approximate surface area is 113 Å². The van der Waals surface area contributed by atoms with E-state index in [0.717, 1.165) is 5.56 Å². The summed E-state index contributed by atoms with van der Waals surface area (Å²) in [5.74, 6) is 0.559. The van der Waals surface area contributed by atoms with E-state index in [-0.39, 0.29) is 11.8 Å². The van der Waals surface area contributed by atoms with Crippen LogP contribution in [0.3, 0.4) is 0 Å². The van der Waals surface area contributed by atoms with E-state index < -0.39 is 0 Å². The molecule has 0 saturated carbocycles. The van der Waals surface area contributed by atoms with E-state index in [1.165, 1.54) is 0 Å². The van der Waals surface area contributed by atoms with Crippen LogP contribution in [-0.2, 0) is 6.42 Å².